The van der Waals surface area contributed by atoms with Crippen molar-refractivity contribution in [3.8, 4) is 5.75 Å². The predicted molar refractivity (Wildman–Crippen MR) is 101 cm³/mol. The van der Waals surface area contributed by atoms with Crippen LogP contribution in [-0.4, -0.2) is 34.4 Å². The largest absolute Gasteiger partial charge is 0.488 e. The van der Waals surface area contributed by atoms with Crippen molar-refractivity contribution in [2.24, 2.45) is 0 Å². The Labute approximate surface area is 171 Å². The minimum atomic E-state index is -1.15. The first kappa shape index (κ1) is 20.1. The average Bonchev–Trinajstić information content (AvgIpc) is 2.94. The van der Waals surface area contributed by atoms with Gasteiger partial charge in [0.15, 0.2) is 5.82 Å². The van der Waals surface area contributed by atoms with Crippen LogP contribution >= 0.6 is 0 Å². The summed E-state index contributed by atoms with van der Waals surface area (Å²) in [4.78, 5) is 33.6. The van der Waals surface area contributed by atoms with E-state index in [1.165, 1.54) is 6.20 Å². The first-order valence-electron chi connectivity index (χ1n) is 9.54. The van der Waals surface area contributed by atoms with Gasteiger partial charge in [-0.15, -0.1) is 0 Å². The van der Waals surface area contributed by atoms with E-state index in [0.29, 0.717) is 18.4 Å². The van der Waals surface area contributed by atoms with Gasteiger partial charge in [0.1, 0.15) is 35.5 Å². The molecule has 3 heterocycles. The predicted octanol–water partition coefficient (Wildman–Crippen LogP) is 2.43. The zero-order chi connectivity index (χ0) is 21.5. The van der Waals surface area contributed by atoms with Gasteiger partial charge < -0.3 is 20.1 Å². The van der Waals surface area contributed by atoms with Crippen molar-refractivity contribution in [2.75, 3.05) is 11.9 Å². The molecule has 1 aromatic heterocycles. The molecular formula is C20H20F2N4O4. The van der Waals surface area contributed by atoms with Gasteiger partial charge in [0.2, 0.25) is 5.82 Å². The lowest BCUT2D eigenvalue weighted by molar-refractivity contribution is -0.118. The third-order valence-corrected chi connectivity index (χ3v) is 5.14. The first-order valence-corrected chi connectivity index (χ1v) is 9.54. The fourth-order valence-electron chi connectivity index (χ4n) is 3.63. The van der Waals surface area contributed by atoms with Crippen LogP contribution in [0, 0.1) is 11.6 Å². The second-order valence-corrected chi connectivity index (χ2v) is 7.42. The normalized spacial score (nSPS) is 22.4. The molecular weight excluding hydrogens is 398 g/mol. The van der Waals surface area contributed by atoms with Crippen molar-refractivity contribution in [1.82, 2.24) is 15.3 Å². The van der Waals surface area contributed by atoms with Crippen LogP contribution in [0.5, 0.6) is 5.75 Å². The number of carbonyl (C=O) groups is 2. The number of nitrogens with zero attached hydrogens (tertiary/aromatic N) is 2. The van der Waals surface area contributed by atoms with Crippen molar-refractivity contribution < 1.29 is 27.8 Å². The molecule has 0 spiro atoms. The summed E-state index contributed by atoms with van der Waals surface area (Å²) in [7, 11) is 0. The Morgan fingerprint density at radius 1 is 1.40 bits per heavy atom. The molecule has 2 atom stereocenters. The highest BCUT2D eigenvalue weighted by Gasteiger charge is 2.38. The van der Waals surface area contributed by atoms with Crippen molar-refractivity contribution in [3.05, 3.63) is 47.0 Å². The van der Waals surface area contributed by atoms with Crippen LogP contribution in [0.2, 0.25) is 0 Å². The van der Waals surface area contributed by atoms with Gasteiger partial charge in [0, 0.05) is 23.9 Å². The van der Waals surface area contributed by atoms with Gasteiger partial charge in [0.25, 0.3) is 11.8 Å². The van der Waals surface area contributed by atoms with Crippen molar-refractivity contribution >= 4 is 17.5 Å². The van der Waals surface area contributed by atoms with E-state index in [2.05, 4.69) is 20.6 Å². The summed E-state index contributed by atoms with van der Waals surface area (Å²) in [6.07, 6.45) is 3.14. The summed E-state index contributed by atoms with van der Waals surface area (Å²) < 4.78 is 38.5. The lowest BCUT2D eigenvalue weighted by Crippen LogP contribution is -2.47. The number of hydrogen-bond donors (Lipinski definition) is 2. The number of anilines is 1. The van der Waals surface area contributed by atoms with E-state index >= 15 is 0 Å². The summed E-state index contributed by atoms with van der Waals surface area (Å²) >= 11 is 0. The number of aromatic nitrogens is 2. The van der Waals surface area contributed by atoms with E-state index in [1.807, 2.05) is 13.8 Å². The summed E-state index contributed by atoms with van der Waals surface area (Å²) in [6.45, 7) is 4.00. The molecule has 0 saturated heterocycles. The molecule has 2 aliphatic heterocycles. The van der Waals surface area contributed by atoms with E-state index in [9.17, 15) is 18.4 Å². The van der Waals surface area contributed by atoms with Gasteiger partial charge in [-0.05, 0) is 13.3 Å². The lowest BCUT2D eigenvalue weighted by atomic mass is 9.95. The Balaban J connectivity index is 1.52. The average molecular weight is 418 g/mol. The number of carbonyl (C=O) groups excluding carboxylic acids is 2. The zero-order valence-corrected chi connectivity index (χ0v) is 16.4. The SMILES string of the molecule is CCC[C@@]1(C)OCc2cnc(C(=O)N[C@H]3COc4cc(F)cc(F)c4NC3=O)nc21. The van der Waals surface area contributed by atoms with E-state index in [4.69, 9.17) is 9.47 Å². The molecule has 0 radical (unpaired) electrons. The molecule has 158 valence electrons. The maximum Gasteiger partial charge on any atom is 0.289 e. The maximum absolute atomic E-state index is 13.9. The third-order valence-electron chi connectivity index (χ3n) is 5.14. The smallest absolute Gasteiger partial charge is 0.289 e. The van der Waals surface area contributed by atoms with Crippen LogP contribution in [0.4, 0.5) is 14.5 Å². The molecule has 0 fully saturated rings. The number of nitrogens with one attached hydrogen (secondary N) is 2. The fraction of sp³-hybridized carbons (Fsp3) is 0.400. The molecule has 0 aliphatic carbocycles. The summed E-state index contributed by atoms with van der Waals surface area (Å²) in [5.41, 5.74) is 0.579. The Morgan fingerprint density at radius 2 is 2.20 bits per heavy atom. The number of amides is 2. The summed E-state index contributed by atoms with van der Waals surface area (Å²) in [5, 5.41) is 4.80. The van der Waals surface area contributed by atoms with Crippen molar-refractivity contribution in [3.63, 3.8) is 0 Å². The Hall–Kier alpha value is -3.14. The molecule has 0 unspecified atom stereocenters. The molecule has 0 bridgehead atoms. The van der Waals surface area contributed by atoms with Gasteiger partial charge in [0.05, 0.1) is 12.3 Å². The van der Waals surface area contributed by atoms with Crippen LogP contribution in [-0.2, 0) is 21.7 Å². The highest BCUT2D eigenvalue weighted by molar-refractivity contribution is 6.01. The van der Waals surface area contributed by atoms with Crippen LogP contribution in [0.1, 0.15) is 48.6 Å². The summed E-state index contributed by atoms with van der Waals surface area (Å²) in [5.74, 6) is -3.47. The van der Waals surface area contributed by atoms with E-state index < -0.39 is 35.1 Å². The molecule has 30 heavy (non-hydrogen) atoms. The number of ether oxygens (including phenoxy) is 2. The summed E-state index contributed by atoms with van der Waals surface area (Å²) in [6, 6.07) is 0.443. The van der Waals surface area contributed by atoms with Crippen LogP contribution in [0.3, 0.4) is 0 Å². The molecule has 10 heteroatoms. The highest BCUT2D eigenvalue weighted by atomic mass is 19.1. The molecule has 2 amide bonds. The van der Waals surface area contributed by atoms with Gasteiger partial charge >= 0.3 is 0 Å². The van der Waals surface area contributed by atoms with Gasteiger partial charge in [-0.1, -0.05) is 13.3 Å². The van der Waals surface area contributed by atoms with Crippen LogP contribution < -0.4 is 15.4 Å². The molecule has 2 N–H and O–H groups in total. The Bertz CT molecular complexity index is 1030. The standard InChI is InChI=1S/C20H20F2N4O4/c1-3-4-20(2)16-10(8-30-20)7-23-17(26-16)19(28)24-13-9-29-14-6-11(21)5-12(22)15(14)25-18(13)27/h5-7,13H,3-4,8-9H2,1-2H3,(H,24,28)(H,25,27)/t13-,20+/m0/s1. The maximum atomic E-state index is 13.9. The first-order chi connectivity index (χ1) is 14.3. The van der Waals surface area contributed by atoms with Gasteiger partial charge in [-0.25, -0.2) is 18.7 Å². The quantitative estimate of drug-likeness (QED) is 0.791. The third kappa shape index (κ3) is 3.58. The molecule has 4 rings (SSSR count). The minimum Gasteiger partial charge on any atom is -0.488 e. The topological polar surface area (TPSA) is 102 Å². The number of fused-ring (bicyclic) bond motifs is 2. The number of benzene rings is 1. The molecule has 2 aliphatic rings. The molecule has 2 aromatic rings. The second-order valence-electron chi connectivity index (χ2n) is 7.42. The number of halogens is 2. The minimum absolute atomic E-state index is 0.117. The number of rotatable bonds is 4. The molecule has 0 saturated carbocycles. The highest BCUT2D eigenvalue weighted by Crippen LogP contribution is 2.38. The van der Waals surface area contributed by atoms with E-state index in [-0.39, 0.29) is 23.9 Å². The Morgan fingerprint density at radius 3 is 2.97 bits per heavy atom. The monoisotopic (exact) mass is 418 g/mol. The Kier molecular flexibility index (Phi) is 5.10. The van der Waals surface area contributed by atoms with Crippen molar-refractivity contribution in [2.45, 2.75) is 44.9 Å². The second kappa shape index (κ2) is 7.60. The van der Waals surface area contributed by atoms with Crippen LogP contribution in [0.25, 0.3) is 0 Å². The zero-order valence-electron chi connectivity index (χ0n) is 16.4. The van der Waals surface area contributed by atoms with E-state index in [1.54, 1.807) is 0 Å². The lowest BCUT2D eigenvalue weighted by Gasteiger charge is -2.23. The van der Waals surface area contributed by atoms with Gasteiger partial charge in [-0.2, -0.15) is 0 Å². The van der Waals surface area contributed by atoms with Gasteiger partial charge in [-0.3, -0.25) is 9.59 Å². The van der Waals surface area contributed by atoms with E-state index in [0.717, 1.165) is 24.5 Å². The fourth-order valence-corrected chi connectivity index (χ4v) is 3.63. The molecule has 8 nitrogen and oxygen atoms in total. The van der Waals surface area contributed by atoms with Crippen LogP contribution in [0.15, 0.2) is 18.3 Å². The number of hydrogen-bond acceptors (Lipinski definition) is 6. The van der Waals surface area contributed by atoms with Crippen molar-refractivity contribution in [1.29, 1.82) is 0 Å². The molecule has 1 aromatic carbocycles.